The Hall–Kier alpha value is -0.930. The Balaban J connectivity index is 2.17. The van der Waals surface area contributed by atoms with E-state index in [-0.39, 0.29) is 17.0 Å². The largest absolute Gasteiger partial charge is 0.369 e. The van der Waals surface area contributed by atoms with E-state index in [2.05, 4.69) is 39.9 Å². The molecule has 118 valence electrons. The summed E-state index contributed by atoms with van der Waals surface area (Å²) in [6.45, 7) is 11.7. The average Bonchev–Trinajstić information content (AvgIpc) is 2.59. The molecule has 2 atom stereocenters. The third-order valence-corrected chi connectivity index (χ3v) is 4.46. The fourth-order valence-corrected chi connectivity index (χ4v) is 3.72. The van der Waals surface area contributed by atoms with E-state index in [1.54, 1.807) is 12.1 Å². The maximum Gasteiger partial charge on any atom is 0.123 e. The second kappa shape index (κ2) is 6.05. The zero-order chi connectivity index (χ0) is 15.7. The monoisotopic (exact) mass is 293 g/mol. The molecule has 1 saturated heterocycles. The van der Waals surface area contributed by atoms with Gasteiger partial charge in [0.15, 0.2) is 0 Å². The van der Waals surface area contributed by atoms with Crippen LogP contribution in [-0.4, -0.2) is 23.8 Å². The van der Waals surface area contributed by atoms with Gasteiger partial charge >= 0.3 is 0 Å². The van der Waals surface area contributed by atoms with Gasteiger partial charge in [-0.3, -0.25) is 0 Å². The van der Waals surface area contributed by atoms with Crippen molar-refractivity contribution in [1.29, 1.82) is 0 Å². The highest BCUT2D eigenvalue weighted by molar-refractivity contribution is 5.18. The molecule has 3 heteroatoms. The van der Waals surface area contributed by atoms with Gasteiger partial charge in [0.1, 0.15) is 5.82 Å². The van der Waals surface area contributed by atoms with Gasteiger partial charge in [-0.05, 0) is 64.8 Å². The van der Waals surface area contributed by atoms with Gasteiger partial charge in [-0.1, -0.05) is 19.1 Å². The molecule has 1 fully saturated rings. The van der Waals surface area contributed by atoms with Crippen LogP contribution in [0.4, 0.5) is 4.39 Å². The predicted molar refractivity (Wildman–Crippen MR) is 84.9 cm³/mol. The summed E-state index contributed by atoms with van der Waals surface area (Å²) in [5.74, 6) is 0.266. The first-order valence-corrected chi connectivity index (χ1v) is 7.91. The quantitative estimate of drug-likeness (QED) is 0.888. The molecule has 0 aromatic heterocycles. The highest BCUT2D eigenvalue weighted by Crippen LogP contribution is 2.44. The minimum absolute atomic E-state index is 0.0787. The van der Waals surface area contributed by atoms with E-state index in [9.17, 15) is 4.39 Å². The minimum atomic E-state index is -0.176. The zero-order valence-corrected chi connectivity index (χ0v) is 13.9. The molecule has 0 aliphatic carbocycles. The number of hydrogen-bond acceptors (Lipinski definition) is 2. The van der Waals surface area contributed by atoms with Gasteiger partial charge in [-0.25, -0.2) is 4.39 Å². The van der Waals surface area contributed by atoms with Crippen molar-refractivity contribution in [1.82, 2.24) is 5.32 Å². The maximum atomic E-state index is 13.1. The highest BCUT2D eigenvalue weighted by Gasteiger charge is 2.48. The highest BCUT2D eigenvalue weighted by atomic mass is 19.1. The van der Waals surface area contributed by atoms with Crippen LogP contribution in [0.15, 0.2) is 24.3 Å². The van der Waals surface area contributed by atoms with Gasteiger partial charge in [0.2, 0.25) is 0 Å². The van der Waals surface area contributed by atoms with Crippen LogP contribution in [-0.2, 0) is 11.2 Å². The lowest BCUT2D eigenvalue weighted by Crippen LogP contribution is -2.45. The van der Waals surface area contributed by atoms with Crippen molar-refractivity contribution in [3.63, 3.8) is 0 Å². The fourth-order valence-electron chi connectivity index (χ4n) is 3.72. The number of benzene rings is 1. The van der Waals surface area contributed by atoms with Crippen LogP contribution < -0.4 is 5.32 Å². The van der Waals surface area contributed by atoms with Gasteiger partial charge in [-0.2, -0.15) is 0 Å². The summed E-state index contributed by atoms with van der Waals surface area (Å²) >= 11 is 0. The molecule has 0 amide bonds. The third-order valence-electron chi connectivity index (χ3n) is 4.46. The van der Waals surface area contributed by atoms with Gasteiger partial charge in [-0.15, -0.1) is 0 Å². The molecule has 1 aliphatic heterocycles. The van der Waals surface area contributed by atoms with Crippen molar-refractivity contribution in [3.05, 3.63) is 35.6 Å². The zero-order valence-electron chi connectivity index (χ0n) is 13.9. The van der Waals surface area contributed by atoms with Crippen LogP contribution in [0.3, 0.4) is 0 Å². The Bertz CT molecular complexity index is 467. The maximum absolute atomic E-state index is 13.1. The van der Waals surface area contributed by atoms with Crippen LogP contribution in [0.2, 0.25) is 0 Å². The van der Waals surface area contributed by atoms with Gasteiger partial charge in [0.25, 0.3) is 0 Å². The first-order chi connectivity index (χ1) is 9.73. The Labute approximate surface area is 128 Å². The number of likely N-dealkylation sites (N-methyl/N-ethyl adjacent to an activating group) is 1. The lowest BCUT2D eigenvalue weighted by atomic mass is 9.79. The second-order valence-corrected chi connectivity index (χ2v) is 7.27. The number of rotatable bonds is 5. The molecule has 1 heterocycles. The van der Waals surface area contributed by atoms with Gasteiger partial charge < -0.3 is 10.1 Å². The Morgan fingerprint density at radius 3 is 2.33 bits per heavy atom. The summed E-state index contributed by atoms with van der Waals surface area (Å²) in [6, 6.07) is 7.19. The van der Waals surface area contributed by atoms with Crippen LogP contribution in [0.25, 0.3) is 0 Å². The molecule has 2 nitrogen and oxygen atoms in total. The van der Waals surface area contributed by atoms with E-state index < -0.39 is 0 Å². The van der Waals surface area contributed by atoms with Crippen molar-refractivity contribution in [3.8, 4) is 0 Å². The van der Waals surface area contributed by atoms with E-state index in [0.717, 1.165) is 19.4 Å². The molecule has 1 aromatic rings. The molecular formula is C18H28FNO. The van der Waals surface area contributed by atoms with Crippen molar-refractivity contribution in [2.24, 2.45) is 5.92 Å². The molecule has 0 spiro atoms. The molecule has 0 bridgehead atoms. The molecule has 2 rings (SSSR count). The summed E-state index contributed by atoms with van der Waals surface area (Å²) in [5, 5.41) is 3.61. The number of halogens is 1. The predicted octanol–water partition coefficient (Wildman–Crippen LogP) is 3.94. The van der Waals surface area contributed by atoms with Gasteiger partial charge in [0, 0.05) is 12.0 Å². The first-order valence-electron chi connectivity index (χ1n) is 7.91. The van der Waals surface area contributed by atoms with E-state index in [0.29, 0.717) is 12.0 Å². The smallest absolute Gasteiger partial charge is 0.123 e. The summed E-state index contributed by atoms with van der Waals surface area (Å²) in [7, 11) is 0. The number of ether oxygens (including phenoxy) is 1. The summed E-state index contributed by atoms with van der Waals surface area (Å²) < 4.78 is 19.3. The Morgan fingerprint density at radius 1 is 1.24 bits per heavy atom. The molecule has 1 N–H and O–H groups in total. The molecule has 1 aromatic carbocycles. The normalized spacial score (nSPS) is 25.0. The lowest BCUT2D eigenvalue weighted by molar-refractivity contribution is -0.0776. The number of hydrogen-bond donors (Lipinski definition) is 1. The molecule has 21 heavy (non-hydrogen) atoms. The van der Waals surface area contributed by atoms with Crippen LogP contribution in [0, 0.1) is 11.7 Å². The molecule has 1 aliphatic rings. The van der Waals surface area contributed by atoms with Crippen molar-refractivity contribution in [2.75, 3.05) is 6.54 Å². The van der Waals surface area contributed by atoms with E-state index in [1.165, 1.54) is 5.56 Å². The SMILES string of the molecule is CCNC(Cc1ccc(F)cc1)C1CC(C)(C)OC1(C)C. The molecule has 0 radical (unpaired) electrons. The molecule has 2 unspecified atom stereocenters. The number of nitrogens with one attached hydrogen (secondary N) is 1. The Kier molecular flexibility index (Phi) is 4.74. The van der Waals surface area contributed by atoms with Crippen LogP contribution >= 0.6 is 0 Å². The van der Waals surface area contributed by atoms with Gasteiger partial charge in [0.05, 0.1) is 11.2 Å². The standard InChI is InChI=1S/C18H28FNO/c1-6-20-16(11-13-7-9-14(19)10-8-13)15-12-17(2,3)21-18(15,4)5/h7-10,15-16,20H,6,11-12H2,1-5H3. The second-order valence-electron chi connectivity index (χ2n) is 7.27. The third kappa shape index (κ3) is 4.04. The minimum Gasteiger partial charge on any atom is -0.369 e. The molecule has 0 saturated carbocycles. The van der Waals surface area contributed by atoms with Crippen LogP contribution in [0.1, 0.15) is 46.6 Å². The molecular weight excluding hydrogens is 265 g/mol. The average molecular weight is 293 g/mol. The summed E-state index contributed by atoms with van der Waals surface area (Å²) in [6.07, 6.45) is 1.94. The lowest BCUT2D eigenvalue weighted by Gasteiger charge is -2.33. The Morgan fingerprint density at radius 2 is 1.86 bits per heavy atom. The summed E-state index contributed by atoms with van der Waals surface area (Å²) in [4.78, 5) is 0. The van der Waals surface area contributed by atoms with E-state index in [4.69, 9.17) is 4.74 Å². The van der Waals surface area contributed by atoms with Crippen LogP contribution in [0.5, 0.6) is 0 Å². The van der Waals surface area contributed by atoms with Crippen molar-refractivity contribution in [2.45, 2.75) is 64.7 Å². The van der Waals surface area contributed by atoms with E-state index in [1.807, 2.05) is 12.1 Å². The van der Waals surface area contributed by atoms with Crippen molar-refractivity contribution >= 4 is 0 Å². The van der Waals surface area contributed by atoms with Crippen molar-refractivity contribution < 1.29 is 9.13 Å². The van der Waals surface area contributed by atoms with E-state index >= 15 is 0 Å². The topological polar surface area (TPSA) is 21.3 Å². The fraction of sp³-hybridized carbons (Fsp3) is 0.667. The summed E-state index contributed by atoms with van der Waals surface area (Å²) in [5.41, 5.74) is 0.948. The first kappa shape index (κ1) is 16.4.